The molecule has 1 aliphatic carbocycles. The van der Waals surface area contributed by atoms with Gasteiger partial charge in [0.25, 0.3) is 5.56 Å². The molecule has 0 amide bonds. The highest BCUT2D eigenvalue weighted by molar-refractivity contribution is 5.75. The summed E-state index contributed by atoms with van der Waals surface area (Å²) in [4.78, 5) is 16.4. The zero-order valence-corrected chi connectivity index (χ0v) is 12.6. The Hall–Kier alpha value is -1.68. The van der Waals surface area contributed by atoms with Crippen molar-refractivity contribution >= 4 is 11.0 Å². The Kier molecular flexibility index (Phi) is 4.06. The molecule has 21 heavy (non-hydrogen) atoms. The van der Waals surface area contributed by atoms with E-state index in [1.165, 1.54) is 19.0 Å². The number of nitrogens with zero attached hydrogens (tertiary/aromatic N) is 2. The van der Waals surface area contributed by atoms with Crippen LogP contribution in [0.2, 0.25) is 0 Å². The molecule has 0 atom stereocenters. The maximum absolute atomic E-state index is 12.1. The van der Waals surface area contributed by atoms with Gasteiger partial charge in [0, 0.05) is 12.6 Å². The van der Waals surface area contributed by atoms with E-state index in [0.717, 1.165) is 42.4 Å². The fourth-order valence-electron chi connectivity index (χ4n) is 3.29. The van der Waals surface area contributed by atoms with E-state index < -0.39 is 0 Å². The maximum Gasteiger partial charge on any atom is 0.269 e. The van der Waals surface area contributed by atoms with E-state index in [0.29, 0.717) is 12.0 Å². The fraction of sp³-hybridized carbons (Fsp3) is 0.529. The first-order chi connectivity index (χ1) is 10.1. The summed E-state index contributed by atoms with van der Waals surface area (Å²) < 4.78 is 1.88. The molecule has 0 unspecified atom stereocenters. The largest absolute Gasteiger partial charge is 0.328 e. The minimum absolute atomic E-state index is 0.000566. The lowest BCUT2D eigenvalue weighted by Gasteiger charge is -2.26. The zero-order chi connectivity index (χ0) is 14.8. The van der Waals surface area contributed by atoms with E-state index in [9.17, 15) is 4.79 Å². The van der Waals surface area contributed by atoms with Crippen molar-refractivity contribution in [3.05, 3.63) is 40.3 Å². The first-order valence-corrected chi connectivity index (χ1v) is 7.85. The van der Waals surface area contributed by atoms with Crippen molar-refractivity contribution in [3.8, 4) is 0 Å². The van der Waals surface area contributed by atoms with Crippen LogP contribution in [0.5, 0.6) is 0 Å². The predicted octanol–water partition coefficient (Wildman–Crippen LogP) is 2.61. The normalized spacial score (nSPS) is 22.6. The number of hydrogen-bond acceptors (Lipinski definition) is 3. The monoisotopic (exact) mass is 285 g/mol. The van der Waals surface area contributed by atoms with Gasteiger partial charge < -0.3 is 10.3 Å². The van der Waals surface area contributed by atoms with Gasteiger partial charge in [-0.1, -0.05) is 6.07 Å². The fourth-order valence-corrected chi connectivity index (χ4v) is 3.29. The molecule has 1 fully saturated rings. The van der Waals surface area contributed by atoms with Crippen molar-refractivity contribution in [2.45, 2.75) is 51.6 Å². The quantitative estimate of drug-likeness (QED) is 0.943. The second kappa shape index (κ2) is 5.98. The Bertz CT molecular complexity index is 684. The number of aryl methyl sites for hydroxylation is 2. The summed E-state index contributed by atoms with van der Waals surface area (Å²) in [5.74, 6) is 0.699. The summed E-state index contributed by atoms with van der Waals surface area (Å²) in [7, 11) is 0. The predicted molar refractivity (Wildman–Crippen MR) is 85.3 cm³/mol. The highest BCUT2D eigenvalue weighted by Gasteiger charge is 2.18. The number of nitrogens with two attached hydrogens (primary N) is 1. The van der Waals surface area contributed by atoms with Crippen molar-refractivity contribution in [2.24, 2.45) is 11.7 Å². The van der Waals surface area contributed by atoms with E-state index in [1.54, 1.807) is 0 Å². The smallest absolute Gasteiger partial charge is 0.269 e. The average Bonchev–Trinajstić information content (AvgIpc) is 2.48. The van der Waals surface area contributed by atoms with Crippen molar-refractivity contribution in [2.75, 3.05) is 0 Å². The Morgan fingerprint density at radius 2 is 2.05 bits per heavy atom. The molecular formula is C17H23N3O. The molecule has 0 spiro atoms. The minimum atomic E-state index is 0.000566. The SMILES string of the molecule is Cc1ccc2ncc(=O)n(CCC3CCC(N)CC3)c2c1. The van der Waals surface area contributed by atoms with Gasteiger partial charge in [-0.05, 0) is 62.6 Å². The van der Waals surface area contributed by atoms with Crippen molar-refractivity contribution in [3.63, 3.8) is 0 Å². The third kappa shape index (κ3) is 3.16. The molecular weight excluding hydrogens is 262 g/mol. The lowest BCUT2D eigenvalue weighted by Crippen LogP contribution is -2.28. The molecule has 1 aromatic carbocycles. The topological polar surface area (TPSA) is 60.9 Å². The molecule has 4 heteroatoms. The van der Waals surface area contributed by atoms with E-state index in [1.807, 2.05) is 23.6 Å². The standard InChI is InChI=1S/C17H23N3O/c1-12-2-7-15-16(10-12)20(17(21)11-19-15)9-8-13-3-5-14(18)6-4-13/h2,7,10-11,13-14H,3-6,8-9,18H2,1H3. The van der Waals surface area contributed by atoms with Crippen LogP contribution in [0.15, 0.2) is 29.2 Å². The summed E-state index contributed by atoms with van der Waals surface area (Å²) in [5, 5.41) is 0. The molecule has 0 radical (unpaired) electrons. The zero-order valence-electron chi connectivity index (χ0n) is 12.6. The Labute approximate surface area is 125 Å². The third-order valence-electron chi connectivity index (χ3n) is 4.65. The highest BCUT2D eigenvalue weighted by atomic mass is 16.1. The number of hydrogen-bond donors (Lipinski definition) is 1. The van der Waals surface area contributed by atoms with Gasteiger partial charge in [0.1, 0.15) is 0 Å². The average molecular weight is 285 g/mol. The highest BCUT2D eigenvalue weighted by Crippen LogP contribution is 2.26. The van der Waals surface area contributed by atoms with Crippen LogP contribution in [0.25, 0.3) is 11.0 Å². The van der Waals surface area contributed by atoms with Gasteiger partial charge >= 0.3 is 0 Å². The molecule has 2 N–H and O–H groups in total. The lowest BCUT2D eigenvalue weighted by molar-refractivity contribution is 0.299. The maximum atomic E-state index is 12.1. The van der Waals surface area contributed by atoms with Crippen molar-refractivity contribution in [1.82, 2.24) is 9.55 Å². The van der Waals surface area contributed by atoms with Crippen LogP contribution < -0.4 is 11.3 Å². The van der Waals surface area contributed by atoms with Gasteiger partial charge in [0.15, 0.2) is 0 Å². The van der Waals surface area contributed by atoms with Crippen LogP contribution in [0.3, 0.4) is 0 Å². The molecule has 3 rings (SSSR count). The molecule has 112 valence electrons. The van der Waals surface area contributed by atoms with E-state index >= 15 is 0 Å². The van der Waals surface area contributed by atoms with Gasteiger partial charge in [0.2, 0.25) is 0 Å². The summed E-state index contributed by atoms with van der Waals surface area (Å²) in [6, 6.07) is 6.46. The summed E-state index contributed by atoms with van der Waals surface area (Å²) in [6.45, 7) is 2.82. The van der Waals surface area contributed by atoms with Crippen LogP contribution in [-0.4, -0.2) is 15.6 Å². The first kappa shape index (κ1) is 14.3. The van der Waals surface area contributed by atoms with E-state index in [2.05, 4.69) is 11.1 Å². The van der Waals surface area contributed by atoms with Crippen LogP contribution in [0.4, 0.5) is 0 Å². The second-order valence-electron chi connectivity index (χ2n) is 6.31. The van der Waals surface area contributed by atoms with Crippen LogP contribution in [0, 0.1) is 12.8 Å². The van der Waals surface area contributed by atoms with Crippen LogP contribution >= 0.6 is 0 Å². The Balaban J connectivity index is 1.81. The van der Waals surface area contributed by atoms with E-state index in [4.69, 9.17) is 5.73 Å². The summed E-state index contributed by atoms with van der Waals surface area (Å²) in [5.41, 5.74) is 8.96. The van der Waals surface area contributed by atoms with Gasteiger partial charge in [0.05, 0.1) is 17.2 Å². The van der Waals surface area contributed by atoms with Gasteiger partial charge in [-0.2, -0.15) is 0 Å². The van der Waals surface area contributed by atoms with Gasteiger partial charge in [-0.15, -0.1) is 0 Å². The molecule has 0 aliphatic heterocycles. The molecule has 0 bridgehead atoms. The minimum Gasteiger partial charge on any atom is -0.328 e. The van der Waals surface area contributed by atoms with Crippen LogP contribution in [-0.2, 0) is 6.54 Å². The van der Waals surface area contributed by atoms with E-state index in [-0.39, 0.29) is 5.56 Å². The lowest BCUT2D eigenvalue weighted by atomic mass is 9.84. The number of aromatic nitrogens is 2. The van der Waals surface area contributed by atoms with Crippen molar-refractivity contribution in [1.29, 1.82) is 0 Å². The van der Waals surface area contributed by atoms with Crippen LogP contribution in [0.1, 0.15) is 37.7 Å². The third-order valence-corrected chi connectivity index (χ3v) is 4.65. The summed E-state index contributed by atoms with van der Waals surface area (Å²) >= 11 is 0. The van der Waals surface area contributed by atoms with Gasteiger partial charge in [-0.3, -0.25) is 4.79 Å². The Morgan fingerprint density at radius 3 is 2.81 bits per heavy atom. The number of rotatable bonds is 3. The molecule has 1 aromatic heterocycles. The molecule has 1 aliphatic rings. The molecule has 4 nitrogen and oxygen atoms in total. The second-order valence-corrected chi connectivity index (χ2v) is 6.31. The summed E-state index contributed by atoms with van der Waals surface area (Å²) in [6.07, 6.45) is 7.12. The molecule has 2 aromatic rings. The Morgan fingerprint density at radius 1 is 1.29 bits per heavy atom. The molecule has 0 saturated heterocycles. The molecule has 1 heterocycles. The number of fused-ring (bicyclic) bond motifs is 1. The molecule has 1 saturated carbocycles. The first-order valence-electron chi connectivity index (χ1n) is 7.85. The van der Waals surface area contributed by atoms with Gasteiger partial charge in [-0.25, -0.2) is 4.98 Å². The van der Waals surface area contributed by atoms with Crippen molar-refractivity contribution < 1.29 is 0 Å². The number of benzene rings is 1.